The molecule has 0 radical (unpaired) electrons. The van der Waals surface area contributed by atoms with Gasteiger partial charge in [-0.05, 0) is 24.6 Å². The third-order valence-electron chi connectivity index (χ3n) is 4.80. The highest BCUT2D eigenvalue weighted by Crippen LogP contribution is 2.31. The largest absolute Gasteiger partial charge is 0.347 e. The number of nitrogens with zero attached hydrogens (tertiary/aromatic N) is 3. The molecule has 3 heterocycles. The van der Waals surface area contributed by atoms with E-state index in [1.807, 2.05) is 36.1 Å². The van der Waals surface area contributed by atoms with Crippen molar-refractivity contribution in [3.63, 3.8) is 0 Å². The summed E-state index contributed by atoms with van der Waals surface area (Å²) in [7, 11) is 0. The molecule has 2 fully saturated rings. The lowest BCUT2D eigenvalue weighted by atomic mass is 10.0. The maximum Gasteiger partial charge on any atom is 0.256 e. The summed E-state index contributed by atoms with van der Waals surface area (Å²) in [6.45, 7) is 4.52. The number of nitrogens with one attached hydrogen (secondary N) is 1. The molecule has 1 N–H and O–H groups in total. The summed E-state index contributed by atoms with van der Waals surface area (Å²) in [6.07, 6.45) is 4.54. The van der Waals surface area contributed by atoms with E-state index in [0.717, 1.165) is 11.3 Å². The van der Waals surface area contributed by atoms with Gasteiger partial charge in [0.1, 0.15) is 0 Å². The van der Waals surface area contributed by atoms with Crippen molar-refractivity contribution in [2.75, 3.05) is 31.6 Å². The minimum absolute atomic E-state index is 0.0556. The van der Waals surface area contributed by atoms with Crippen LogP contribution >= 0.6 is 0 Å². The Morgan fingerprint density at radius 3 is 2.50 bits per heavy atom. The molecule has 1 aromatic heterocycles. The van der Waals surface area contributed by atoms with Gasteiger partial charge in [-0.25, -0.2) is 9.97 Å². The van der Waals surface area contributed by atoms with Gasteiger partial charge < -0.3 is 19.7 Å². The molecule has 7 nitrogen and oxygen atoms in total. The number of anilines is 2. The zero-order chi connectivity index (χ0) is 18.0. The summed E-state index contributed by atoms with van der Waals surface area (Å²) in [6, 6.07) is 7.96. The first kappa shape index (κ1) is 16.9. The molecule has 1 spiro atoms. The Balaban J connectivity index is 1.38. The minimum Gasteiger partial charge on any atom is -0.347 e. The van der Waals surface area contributed by atoms with Crippen LogP contribution in [0.4, 0.5) is 11.6 Å². The number of carbonyl (C=O) groups excluding carboxylic acids is 1. The minimum atomic E-state index is -0.477. The van der Waals surface area contributed by atoms with Crippen molar-refractivity contribution in [2.24, 2.45) is 0 Å². The Kier molecular flexibility index (Phi) is 4.57. The van der Waals surface area contributed by atoms with Crippen molar-refractivity contribution in [3.05, 3.63) is 47.8 Å². The van der Waals surface area contributed by atoms with Crippen LogP contribution in [0.15, 0.2) is 36.7 Å². The average Bonchev–Trinajstić information content (AvgIpc) is 3.11. The van der Waals surface area contributed by atoms with Gasteiger partial charge in [-0.3, -0.25) is 4.79 Å². The summed E-state index contributed by atoms with van der Waals surface area (Å²) in [5.74, 6) is -0.0630. The normalized spacial score (nSPS) is 18.9. The Labute approximate surface area is 152 Å². The predicted molar refractivity (Wildman–Crippen MR) is 96.3 cm³/mol. The van der Waals surface area contributed by atoms with Gasteiger partial charge >= 0.3 is 0 Å². The number of aryl methyl sites for hydroxylation is 1. The molecule has 1 amide bonds. The predicted octanol–water partition coefficient (Wildman–Crippen LogP) is 2.51. The number of amides is 1. The van der Waals surface area contributed by atoms with Crippen LogP contribution in [0.2, 0.25) is 0 Å². The van der Waals surface area contributed by atoms with Gasteiger partial charge in [0.25, 0.3) is 5.91 Å². The number of likely N-dealkylation sites (tertiary alicyclic amines) is 1. The zero-order valence-corrected chi connectivity index (χ0v) is 14.8. The Hall–Kier alpha value is -2.51. The van der Waals surface area contributed by atoms with Crippen LogP contribution < -0.4 is 5.32 Å². The number of hydrogen-bond donors (Lipinski definition) is 1. The fourth-order valence-corrected chi connectivity index (χ4v) is 3.37. The lowest BCUT2D eigenvalue weighted by Crippen LogP contribution is -2.47. The SMILES string of the molecule is Cc1cccc(Nc2ncc(C(=O)N3CCC4(CC3)OCCO4)cn2)c1. The lowest BCUT2D eigenvalue weighted by Gasteiger charge is -2.37. The fraction of sp³-hybridized carbons (Fsp3) is 0.421. The Bertz CT molecular complexity index is 778. The molecule has 2 aromatic rings. The molecular formula is C19H22N4O3. The van der Waals surface area contributed by atoms with E-state index >= 15 is 0 Å². The molecular weight excluding hydrogens is 332 g/mol. The van der Waals surface area contributed by atoms with Crippen molar-refractivity contribution in [3.8, 4) is 0 Å². The molecule has 136 valence electrons. The first-order chi connectivity index (χ1) is 12.6. The van der Waals surface area contributed by atoms with E-state index in [2.05, 4.69) is 15.3 Å². The first-order valence-electron chi connectivity index (χ1n) is 8.87. The number of ether oxygens (including phenoxy) is 2. The molecule has 2 saturated heterocycles. The monoisotopic (exact) mass is 354 g/mol. The molecule has 0 atom stereocenters. The molecule has 26 heavy (non-hydrogen) atoms. The third kappa shape index (κ3) is 3.54. The van der Waals surface area contributed by atoms with E-state index < -0.39 is 5.79 Å². The molecule has 0 bridgehead atoms. The molecule has 0 aliphatic carbocycles. The van der Waals surface area contributed by atoms with Crippen molar-refractivity contribution >= 4 is 17.5 Å². The molecule has 0 unspecified atom stereocenters. The van der Waals surface area contributed by atoms with Gasteiger partial charge in [0.15, 0.2) is 5.79 Å². The van der Waals surface area contributed by atoms with Crippen LogP contribution in [0, 0.1) is 6.92 Å². The van der Waals surface area contributed by atoms with E-state index in [1.165, 1.54) is 0 Å². The highest BCUT2D eigenvalue weighted by atomic mass is 16.7. The van der Waals surface area contributed by atoms with Crippen molar-refractivity contribution < 1.29 is 14.3 Å². The summed E-state index contributed by atoms with van der Waals surface area (Å²) in [4.78, 5) is 23.0. The molecule has 1 aromatic carbocycles. The van der Waals surface area contributed by atoms with Crippen LogP contribution in [0.3, 0.4) is 0 Å². The third-order valence-corrected chi connectivity index (χ3v) is 4.80. The van der Waals surface area contributed by atoms with Gasteiger partial charge in [-0.1, -0.05) is 12.1 Å². The van der Waals surface area contributed by atoms with E-state index in [1.54, 1.807) is 12.4 Å². The van der Waals surface area contributed by atoms with Crippen LogP contribution in [0.5, 0.6) is 0 Å². The molecule has 0 saturated carbocycles. The highest BCUT2D eigenvalue weighted by Gasteiger charge is 2.40. The topological polar surface area (TPSA) is 76.6 Å². The molecule has 2 aliphatic heterocycles. The number of benzene rings is 1. The second kappa shape index (κ2) is 7.01. The molecule has 4 rings (SSSR count). The summed E-state index contributed by atoms with van der Waals surface area (Å²) < 4.78 is 11.4. The zero-order valence-electron chi connectivity index (χ0n) is 14.8. The quantitative estimate of drug-likeness (QED) is 0.913. The average molecular weight is 354 g/mol. The number of aromatic nitrogens is 2. The van der Waals surface area contributed by atoms with Crippen LogP contribution in [0.25, 0.3) is 0 Å². The lowest BCUT2D eigenvalue weighted by molar-refractivity contribution is -0.181. The number of rotatable bonds is 3. The van der Waals surface area contributed by atoms with Crippen LogP contribution in [0.1, 0.15) is 28.8 Å². The standard InChI is InChI=1S/C19H22N4O3/c1-14-3-2-4-16(11-14)22-18-20-12-15(13-21-18)17(24)23-7-5-19(6-8-23)25-9-10-26-19/h2-4,11-13H,5-10H2,1H3,(H,20,21,22). The van der Waals surface area contributed by atoms with Gasteiger partial charge in [0, 0.05) is 44.0 Å². The van der Waals surface area contributed by atoms with Crippen molar-refractivity contribution in [1.82, 2.24) is 14.9 Å². The van der Waals surface area contributed by atoms with Crippen molar-refractivity contribution in [1.29, 1.82) is 0 Å². The highest BCUT2D eigenvalue weighted by molar-refractivity contribution is 5.93. The van der Waals surface area contributed by atoms with E-state index in [-0.39, 0.29) is 5.91 Å². The van der Waals surface area contributed by atoms with E-state index in [9.17, 15) is 4.79 Å². The second-order valence-corrected chi connectivity index (χ2v) is 6.69. The number of hydrogen-bond acceptors (Lipinski definition) is 6. The Morgan fingerprint density at radius 2 is 1.85 bits per heavy atom. The first-order valence-corrected chi connectivity index (χ1v) is 8.87. The smallest absolute Gasteiger partial charge is 0.256 e. The second-order valence-electron chi connectivity index (χ2n) is 6.69. The van der Waals surface area contributed by atoms with E-state index in [0.29, 0.717) is 50.7 Å². The van der Waals surface area contributed by atoms with Gasteiger partial charge in [0.05, 0.1) is 18.8 Å². The maximum absolute atomic E-state index is 12.7. The molecule has 2 aliphatic rings. The Morgan fingerprint density at radius 1 is 1.15 bits per heavy atom. The summed E-state index contributed by atoms with van der Waals surface area (Å²) >= 11 is 0. The number of carbonyl (C=O) groups is 1. The van der Waals surface area contributed by atoms with Crippen LogP contribution in [-0.2, 0) is 9.47 Å². The fourth-order valence-electron chi connectivity index (χ4n) is 3.37. The maximum atomic E-state index is 12.7. The van der Waals surface area contributed by atoms with Crippen molar-refractivity contribution in [2.45, 2.75) is 25.6 Å². The summed E-state index contributed by atoms with van der Waals surface area (Å²) in [5, 5.41) is 3.14. The van der Waals surface area contributed by atoms with Gasteiger partial charge in [-0.2, -0.15) is 0 Å². The van der Waals surface area contributed by atoms with Crippen LogP contribution in [-0.4, -0.2) is 52.9 Å². The molecule has 7 heteroatoms. The number of piperidine rings is 1. The summed E-state index contributed by atoms with van der Waals surface area (Å²) in [5.41, 5.74) is 2.56. The van der Waals surface area contributed by atoms with Gasteiger partial charge in [-0.15, -0.1) is 0 Å². The van der Waals surface area contributed by atoms with E-state index in [4.69, 9.17) is 9.47 Å². The van der Waals surface area contributed by atoms with Gasteiger partial charge in [0.2, 0.25) is 5.95 Å².